The predicted octanol–water partition coefficient (Wildman–Crippen LogP) is 2.64. The Labute approximate surface area is 172 Å². The van der Waals surface area contributed by atoms with Crippen LogP contribution in [-0.2, 0) is 11.3 Å². The fourth-order valence-electron chi connectivity index (χ4n) is 3.78. The van der Waals surface area contributed by atoms with Gasteiger partial charge in [0, 0.05) is 32.1 Å². The number of aryl methyl sites for hydroxylation is 1. The number of para-hydroxylation sites is 2. The third kappa shape index (κ3) is 4.27. The van der Waals surface area contributed by atoms with Crippen LogP contribution in [0.2, 0.25) is 0 Å². The monoisotopic (exact) mass is 412 g/mol. The summed E-state index contributed by atoms with van der Waals surface area (Å²) in [6.07, 6.45) is 3.72. The van der Waals surface area contributed by atoms with Crippen LogP contribution >= 0.6 is 11.3 Å². The van der Waals surface area contributed by atoms with Crippen molar-refractivity contribution in [2.24, 2.45) is 0 Å². The molecule has 29 heavy (non-hydrogen) atoms. The van der Waals surface area contributed by atoms with Gasteiger partial charge in [-0.15, -0.1) is 11.3 Å². The van der Waals surface area contributed by atoms with Crippen molar-refractivity contribution in [3.63, 3.8) is 0 Å². The van der Waals surface area contributed by atoms with E-state index in [0.29, 0.717) is 11.9 Å². The van der Waals surface area contributed by atoms with Crippen molar-refractivity contribution >= 4 is 33.1 Å². The zero-order valence-electron chi connectivity index (χ0n) is 16.3. The highest BCUT2D eigenvalue weighted by Crippen LogP contribution is 2.29. The lowest BCUT2D eigenvalue weighted by Crippen LogP contribution is -2.48. The first-order valence-corrected chi connectivity index (χ1v) is 10.6. The molecule has 0 saturated carbocycles. The molecular weight excluding hydrogens is 388 g/mol. The number of hydrogen-bond donors (Lipinski definition) is 1. The van der Waals surface area contributed by atoms with Crippen molar-refractivity contribution in [1.29, 1.82) is 0 Å². The minimum absolute atomic E-state index is 0.0470. The molecule has 3 heterocycles. The summed E-state index contributed by atoms with van der Waals surface area (Å²) in [7, 11) is 1.67. The molecule has 1 aliphatic rings. The quantitative estimate of drug-likeness (QED) is 0.674. The van der Waals surface area contributed by atoms with E-state index in [9.17, 15) is 9.59 Å². The Morgan fingerprint density at radius 1 is 1.34 bits per heavy atom. The van der Waals surface area contributed by atoms with Crippen molar-refractivity contribution in [3.8, 4) is 5.75 Å². The Morgan fingerprint density at radius 3 is 3.07 bits per heavy atom. The van der Waals surface area contributed by atoms with Crippen molar-refractivity contribution in [2.45, 2.75) is 31.8 Å². The predicted molar refractivity (Wildman–Crippen MR) is 115 cm³/mol. The first-order chi connectivity index (χ1) is 14.2. The molecule has 1 aromatic carbocycles. The van der Waals surface area contributed by atoms with Crippen LogP contribution in [0.1, 0.15) is 19.3 Å². The number of benzene rings is 1. The summed E-state index contributed by atoms with van der Waals surface area (Å²) in [5, 5.41) is 5.59. The number of aromatic nitrogens is 2. The average Bonchev–Trinajstić information content (AvgIpc) is 3.23. The molecule has 2 aromatic heterocycles. The third-order valence-corrected chi connectivity index (χ3v) is 6.06. The molecule has 1 aliphatic heterocycles. The summed E-state index contributed by atoms with van der Waals surface area (Å²) in [4.78, 5) is 32.2. The summed E-state index contributed by atoms with van der Waals surface area (Å²) in [6.45, 7) is 2.01. The van der Waals surface area contributed by atoms with Crippen LogP contribution < -0.4 is 20.5 Å². The van der Waals surface area contributed by atoms with Crippen LogP contribution in [0.4, 0.5) is 5.69 Å². The van der Waals surface area contributed by atoms with E-state index >= 15 is 0 Å². The van der Waals surface area contributed by atoms with E-state index in [2.05, 4.69) is 15.2 Å². The van der Waals surface area contributed by atoms with Gasteiger partial charge >= 0.3 is 0 Å². The molecule has 3 aromatic rings. The summed E-state index contributed by atoms with van der Waals surface area (Å²) < 4.78 is 6.98. The number of amides is 1. The smallest absolute Gasteiger partial charge is 0.262 e. The van der Waals surface area contributed by atoms with Gasteiger partial charge in [0.25, 0.3) is 5.56 Å². The molecule has 152 valence electrons. The van der Waals surface area contributed by atoms with Crippen LogP contribution in [0, 0.1) is 0 Å². The number of carbonyl (C=O) groups excluding carboxylic acids is 1. The van der Waals surface area contributed by atoms with E-state index in [1.807, 2.05) is 29.6 Å². The van der Waals surface area contributed by atoms with Gasteiger partial charge in [0.05, 0.1) is 24.5 Å². The maximum absolute atomic E-state index is 12.5. The summed E-state index contributed by atoms with van der Waals surface area (Å²) in [5.41, 5.74) is 0.958. The Kier molecular flexibility index (Phi) is 5.80. The highest BCUT2D eigenvalue weighted by Gasteiger charge is 2.23. The second kappa shape index (κ2) is 8.65. The molecule has 4 rings (SSSR count). The first kappa shape index (κ1) is 19.4. The van der Waals surface area contributed by atoms with E-state index < -0.39 is 0 Å². The van der Waals surface area contributed by atoms with Gasteiger partial charge in [0.15, 0.2) is 0 Å². The van der Waals surface area contributed by atoms with Crippen LogP contribution in [-0.4, -0.2) is 41.7 Å². The molecule has 0 bridgehead atoms. The number of piperidine rings is 1. The molecule has 0 aliphatic carbocycles. The van der Waals surface area contributed by atoms with Gasteiger partial charge in [-0.2, -0.15) is 0 Å². The number of rotatable bonds is 6. The fourth-order valence-corrected chi connectivity index (χ4v) is 4.50. The standard InChI is InChI=1S/C21H24N4O3S/c1-28-18-7-3-2-6-17(18)24-10-4-5-15(13-24)23-19(26)8-11-25-14-22-20-16(21(25)27)9-12-29-20/h2-3,6-7,9,12,14-15H,4-5,8,10-11,13H2,1H3,(H,23,26). The largest absolute Gasteiger partial charge is 0.495 e. The molecule has 1 saturated heterocycles. The van der Waals surface area contributed by atoms with Crippen LogP contribution in [0.5, 0.6) is 5.75 Å². The zero-order chi connectivity index (χ0) is 20.2. The topological polar surface area (TPSA) is 76.5 Å². The number of anilines is 1. The van der Waals surface area contributed by atoms with E-state index in [0.717, 1.165) is 42.2 Å². The maximum atomic E-state index is 12.5. The van der Waals surface area contributed by atoms with Crippen LogP contribution in [0.15, 0.2) is 46.8 Å². The minimum atomic E-state index is -0.0935. The van der Waals surface area contributed by atoms with Gasteiger partial charge in [0.2, 0.25) is 5.91 Å². The lowest BCUT2D eigenvalue weighted by atomic mass is 10.0. The van der Waals surface area contributed by atoms with Crippen LogP contribution in [0.25, 0.3) is 10.2 Å². The minimum Gasteiger partial charge on any atom is -0.495 e. The molecular formula is C21H24N4O3S. The number of carbonyl (C=O) groups is 1. The van der Waals surface area contributed by atoms with Crippen molar-refractivity contribution in [2.75, 3.05) is 25.1 Å². The highest BCUT2D eigenvalue weighted by molar-refractivity contribution is 7.16. The van der Waals surface area contributed by atoms with E-state index in [-0.39, 0.29) is 23.9 Å². The van der Waals surface area contributed by atoms with Gasteiger partial charge in [-0.3, -0.25) is 14.2 Å². The Balaban J connectivity index is 1.35. The first-order valence-electron chi connectivity index (χ1n) is 9.75. The lowest BCUT2D eigenvalue weighted by Gasteiger charge is -2.35. The van der Waals surface area contributed by atoms with Gasteiger partial charge in [-0.05, 0) is 36.4 Å². The Morgan fingerprint density at radius 2 is 2.21 bits per heavy atom. The number of thiophene rings is 1. The second-order valence-electron chi connectivity index (χ2n) is 7.16. The highest BCUT2D eigenvalue weighted by atomic mass is 32.1. The fraction of sp³-hybridized carbons (Fsp3) is 0.381. The molecule has 1 atom stereocenters. The lowest BCUT2D eigenvalue weighted by molar-refractivity contribution is -0.122. The molecule has 7 nitrogen and oxygen atoms in total. The molecule has 1 N–H and O–H groups in total. The number of ether oxygens (including phenoxy) is 1. The van der Waals surface area contributed by atoms with E-state index in [4.69, 9.17) is 4.74 Å². The molecule has 8 heteroatoms. The molecule has 1 fully saturated rings. The zero-order valence-corrected chi connectivity index (χ0v) is 17.2. The van der Waals surface area contributed by atoms with Gasteiger partial charge in [-0.1, -0.05) is 12.1 Å². The van der Waals surface area contributed by atoms with Crippen molar-refractivity contribution in [1.82, 2.24) is 14.9 Å². The Bertz CT molecular complexity index is 1060. The summed E-state index contributed by atoms with van der Waals surface area (Å²) in [6, 6.07) is 9.80. The second-order valence-corrected chi connectivity index (χ2v) is 8.05. The van der Waals surface area contributed by atoms with E-state index in [1.54, 1.807) is 13.2 Å². The van der Waals surface area contributed by atoms with Gasteiger partial charge in [0.1, 0.15) is 10.6 Å². The number of methoxy groups -OCH3 is 1. The third-order valence-electron chi connectivity index (χ3n) is 5.24. The normalized spacial score (nSPS) is 16.7. The maximum Gasteiger partial charge on any atom is 0.262 e. The summed E-state index contributed by atoms with van der Waals surface area (Å²) >= 11 is 1.44. The van der Waals surface area contributed by atoms with Gasteiger partial charge in [-0.25, -0.2) is 4.98 Å². The number of nitrogens with one attached hydrogen (secondary N) is 1. The average molecular weight is 413 g/mol. The Hall–Kier alpha value is -2.87. The number of nitrogens with zero attached hydrogens (tertiary/aromatic N) is 3. The number of hydrogen-bond acceptors (Lipinski definition) is 6. The van der Waals surface area contributed by atoms with Crippen molar-refractivity contribution in [3.05, 3.63) is 52.4 Å². The molecule has 1 amide bonds. The van der Waals surface area contributed by atoms with Crippen molar-refractivity contribution < 1.29 is 9.53 Å². The van der Waals surface area contributed by atoms with E-state index in [1.165, 1.54) is 22.2 Å². The molecule has 0 radical (unpaired) electrons. The molecule has 0 spiro atoms. The number of fused-ring (bicyclic) bond motifs is 1. The van der Waals surface area contributed by atoms with Gasteiger partial charge < -0.3 is 15.0 Å². The SMILES string of the molecule is COc1ccccc1N1CCCC(NC(=O)CCn2cnc3sccc3c2=O)C1. The molecule has 1 unspecified atom stereocenters. The summed E-state index contributed by atoms with van der Waals surface area (Å²) in [5.74, 6) is 0.796. The van der Waals surface area contributed by atoms with Crippen LogP contribution in [0.3, 0.4) is 0 Å².